The zero-order valence-electron chi connectivity index (χ0n) is 16.6. The molecular weight excluding hydrogens is 364 g/mol. The van der Waals surface area contributed by atoms with Crippen molar-refractivity contribution < 1.29 is 14.4 Å². The lowest BCUT2D eigenvalue weighted by atomic mass is 9.64. The van der Waals surface area contributed by atoms with Crippen LogP contribution in [0.2, 0.25) is 5.02 Å². The summed E-state index contributed by atoms with van der Waals surface area (Å²) >= 11 is 6.06. The van der Waals surface area contributed by atoms with E-state index in [0.717, 1.165) is 18.6 Å². The summed E-state index contributed by atoms with van der Waals surface area (Å²) in [5, 5.41) is 7.63. The summed E-state index contributed by atoms with van der Waals surface area (Å²) < 4.78 is 0. The maximum absolute atomic E-state index is 13.1. The number of nitrogens with one attached hydrogen (secondary N) is 1. The Kier molecular flexibility index (Phi) is 4.87. The fourth-order valence-corrected chi connectivity index (χ4v) is 4.91. The fraction of sp³-hybridized carbons (Fsp3) is 0.571. The number of halogens is 1. The Labute approximate surface area is 165 Å². The topological polar surface area (TPSA) is 67.8 Å². The van der Waals surface area contributed by atoms with Gasteiger partial charge in [0, 0.05) is 17.9 Å². The van der Waals surface area contributed by atoms with Gasteiger partial charge in [0.05, 0.1) is 21.7 Å². The first-order valence-corrected chi connectivity index (χ1v) is 9.77. The zero-order chi connectivity index (χ0) is 20.0. The molecule has 1 aromatic rings. The van der Waals surface area contributed by atoms with E-state index in [9.17, 15) is 9.59 Å². The SMILES string of the molecule is CC(C)NC(=O)C12CCC(C)(C(=NOC(=O)c3ccccc3Cl)C1)C2(C)C. The number of rotatable bonds is 4. The number of benzene rings is 1. The molecule has 2 aliphatic carbocycles. The maximum atomic E-state index is 13.1. The summed E-state index contributed by atoms with van der Waals surface area (Å²) in [7, 11) is 0. The van der Waals surface area contributed by atoms with Crippen LogP contribution in [0, 0.1) is 16.2 Å². The molecule has 0 aromatic heterocycles. The van der Waals surface area contributed by atoms with Gasteiger partial charge in [-0.1, -0.05) is 49.7 Å². The summed E-state index contributed by atoms with van der Waals surface area (Å²) in [6.07, 6.45) is 2.16. The third-order valence-corrected chi connectivity index (χ3v) is 7.25. The van der Waals surface area contributed by atoms with Gasteiger partial charge < -0.3 is 10.2 Å². The van der Waals surface area contributed by atoms with E-state index in [1.54, 1.807) is 24.3 Å². The van der Waals surface area contributed by atoms with Gasteiger partial charge in [-0.15, -0.1) is 0 Å². The number of hydrogen-bond acceptors (Lipinski definition) is 4. The zero-order valence-corrected chi connectivity index (χ0v) is 17.3. The van der Waals surface area contributed by atoms with Crippen LogP contribution in [0.1, 0.15) is 64.2 Å². The second kappa shape index (κ2) is 6.62. The molecule has 2 bridgehead atoms. The van der Waals surface area contributed by atoms with Gasteiger partial charge in [0.2, 0.25) is 5.91 Å². The van der Waals surface area contributed by atoms with Crippen molar-refractivity contribution in [3.05, 3.63) is 34.9 Å². The highest BCUT2D eigenvalue weighted by Gasteiger charge is 2.71. The minimum absolute atomic E-state index is 0.0638. The number of amides is 1. The normalized spacial score (nSPS) is 30.0. The molecule has 6 heteroatoms. The number of carbonyl (C=O) groups excluding carboxylic acids is 2. The number of fused-ring (bicyclic) bond motifs is 2. The predicted octanol–water partition coefficient (Wildman–Crippen LogP) is 4.59. The van der Waals surface area contributed by atoms with Crippen LogP contribution in [-0.4, -0.2) is 23.6 Å². The van der Waals surface area contributed by atoms with Gasteiger partial charge >= 0.3 is 5.97 Å². The van der Waals surface area contributed by atoms with Gasteiger partial charge in [-0.3, -0.25) is 4.79 Å². The van der Waals surface area contributed by atoms with E-state index >= 15 is 0 Å². The van der Waals surface area contributed by atoms with Gasteiger partial charge in [-0.05, 0) is 44.2 Å². The quantitative estimate of drug-likeness (QED) is 0.603. The van der Waals surface area contributed by atoms with Gasteiger partial charge in [-0.2, -0.15) is 0 Å². The van der Waals surface area contributed by atoms with Crippen molar-refractivity contribution in [1.82, 2.24) is 5.32 Å². The molecule has 2 aliphatic rings. The fourth-order valence-electron chi connectivity index (χ4n) is 4.70. The summed E-state index contributed by atoms with van der Waals surface area (Å²) in [6, 6.07) is 6.80. The van der Waals surface area contributed by atoms with E-state index in [4.69, 9.17) is 16.4 Å². The van der Waals surface area contributed by atoms with E-state index in [2.05, 4.69) is 31.2 Å². The second-order valence-electron chi connectivity index (χ2n) is 8.74. The van der Waals surface area contributed by atoms with Gasteiger partial charge in [-0.25, -0.2) is 4.79 Å². The summed E-state index contributed by atoms with van der Waals surface area (Å²) in [6.45, 7) is 10.3. The average molecular weight is 391 g/mol. The molecule has 0 saturated heterocycles. The van der Waals surface area contributed by atoms with Crippen LogP contribution in [0.5, 0.6) is 0 Å². The largest absolute Gasteiger partial charge is 0.367 e. The summed E-state index contributed by atoms with van der Waals surface area (Å²) in [5.41, 5.74) is -0.0420. The maximum Gasteiger partial charge on any atom is 0.367 e. The standard InChI is InChI=1S/C21H27ClN2O3/c1-13(2)23-18(26)21-11-10-20(5,19(21,3)4)16(12-21)24-27-17(25)14-8-6-7-9-15(14)22/h6-9,13H,10-12H2,1-5H3,(H,23,26). The van der Waals surface area contributed by atoms with Crippen LogP contribution in [0.3, 0.4) is 0 Å². The molecule has 1 amide bonds. The highest BCUT2D eigenvalue weighted by Crippen LogP contribution is 2.71. The molecule has 2 saturated carbocycles. The van der Waals surface area contributed by atoms with E-state index in [1.165, 1.54) is 0 Å². The van der Waals surface area contributed by atoms with Gasteiger partial charge in [0.1, 0.15) is 0 Å². The highest BCUT2D eigenvalue weighted by molar-refractivity contribution is 6.33. The van der Waals surface area contributed by atoms with Crippen molar-refractivity contribution in [3.63, 3.8) is 0 Å². The van der Waals surface area contributed by atoms with Gasteiger partial charge in [0.15, 0.2) is 0 Å². The molecule has 0 spiro atoms. The average Bonchev–Trinajstić information content (AvgIpc) is 2.90. The molecular formula is C21H27ClN2O3. The molecule has 2 unspecified atom stereocenters. The number of hydrogen-bond donors (Lipinski definition) is 1. The summed E-state index contributed by atoms with van der Waals surface area (Å²) in [5.74, 6) is -0.521. The van der Waals surface area contributed by atoms with Crippen LogP contribution in [0.25, 0.3) is 0 Å². The van der Waals surface area contributed by atoms with Crippen molar-refractivity contribution >= 4 is 29.2 Å². The lowest BCUT2D eigenvalue weighted by molar-refractivity contribution is -0.136. The van der Waals surface area contributed by atoms with E-state index < -0.39 is 11.4 Å². The molecule has 5 nitrogen and oxygen atoms in total. The number of nitrogens with zero attached hydrogens (tertiary/aromatic N) is 1. The molecule has 0 heterocycles. The number of oxime groups is 1. The van der Waals surface area contributed by atoms with Crippen LogP contribution in [-0.2, 0) is 9.63 Å². The van der Waals surface area contributed by atoms with Crippen LogP contribution >= 0.6 is 11.6 Å². The molecule has 0 radical (unpaired) electrons. The molecule has 27 heavy (non-hydrogen) atoms. The third-order valence-electron chi connectivity index (χ3n) is 6.92. The minimum atomic E-state index is -0.585. The van der Waals surface area contributed by atoms with Crippen LogP contribution < -0.4 is 5.32 Å². The lowest BCUT2D eigenvalue weighted by Gasteiger charge is -2.39. The number of carbonyl (C=O) groups is 2. The molecule has 146 valence electrons. The lowest BCUT2D eigenvalue weighted by Crippen LogP contribution is -2.48. The van der Waals surface area contributed by atoms with Crippen molar-refractivity contribution in [2.24, 2.45) is 21.4 Å². The third kappa shape index (κ3) is 2.87. The predicted molar refractivity (Wildman–Crippen MR) is 106 cm³/mol. The Morgan fingerprint density at radius 2 is 1.85 bits per heavy atom. The monoisotopic (exact) mass is 390 g/mol. The molecule has 2 fully saturated rings. The van der Waals surface area contributed by atoms with Crippen molar-refractivity contribution in [2.45, 2.75) is 59.9 Å². The van der Waals surface area contributed by atoms with E-state index in [-0.39, 0.29) is 28.3 Å². The van der Waals surface area contributed by atoms with Crippen LogP contribution in [0.15, 0.2) is 29.4 Å². The first-order valence-electron chi connectivity index (χ1n) is 9.39. The van der Waals surface area contributed by atoms with Crippen LogP contribution in [0.4, 0.5) is 0 Å². The van der Waals surface area contributed by atoms with Crippen molar-refractivity contribution in [2.75, 3.05) is 0 Å². The molecule has 2 atom stereocenters. The smallest absolute Gasteiger partial charge is 0.353 e. The first kappa shape index (κ1) is 19.9. The Balaban J connectivity index is 1.88. The molecule has 1 N–H and O–H groups in total. The molecule has 0 aliphatic heterocycles. The van der Waals surface area contributed by atoms with E-state index in [0.29, 0.717) is 11.4 Å². The Morgan fingerprint density at radius 1 is 1.19 bits per heavy atom. The Morgan fingerprint density at radius 3 is 2.48 bits per heavy atom. The first-order chi connectivity index (χ1) is 12.5. The van der Waals surface area contributed by atoms with Crippen molar-refractivity contribution in [1.29, 1.82) is 0 Å². The van der Waals surface area contributed by atoms with Gasteiger partial charge in [0.25, 0.3) is 0 Å². The second-order valence-corrected chi connectivity index (χ2v) is 9.15. The highest BCUT2D eigenvalue weighted by atomic mass is 35.5. The summed E-state index contributed by atoms with van der Waals surface area (Å²) in [4.78, 5) is 30.7. The Bertz CT molecular complexity index is 817. The minimum Gasteiger partial charge on any atom is -0.353 e. The Hall–Kier alpha value is -1.88. The van der Waals surface area contributed by atoms with Crippen molar-refractivity contribution in [3.8, 4) is 0 Å². The molecule has 3 rings (SSSR count). The van der Waals surface area contributed by atoms with E-state index in [1.807, 2.05) is 13.8 Å². The molecule has 1 aromatic carbocycles.